The first-order chi connectivity index (χ1) is 15.0. The van der Waals surface area contributed by atoms with Crippen molar-refractivity contribution in [3.63, 3.8) is 0 Å². The number of nitrogens with two attached hydrogens (primary N) is 1. The summed E-state index contributed by atoms with van der Waals surface area (Å²) in [5.41, 5.74) is 8.21. The smallest absolute Gasteiger partial charge is 0.143 e. The average molecular weight is 416 g/mol. The summed E-state index contributed by atoms with van der Waals surface area (Å²) in [4.78, 5) is 12.9. The van der Waals surface area contributed by atoms with Gasteiger partial charge in [-0.05, 0) is 42.7 Å². The Morgan fingerprint density at radius 3 is 2.87 bits per heavy atom. The maximum atomic E-state index is 11.1. The molecular weight excluding hydrogens is 392 g/mol. The zero-order chi connectivity index (χ0) is 21.2. The standard InChI is InChI=1S/C23H24N6O2/c24-19-4-3-13-1-2-14(7-16(13)28-19)17-8-23(11-26-17)9-18(20(30)21(23)31)29-6-5-15-10-25-12-27-22(15)29/h1-7,10,12,17-18,20-21,26,30-31H,8-9,11H2,(H2,24,28)/t17-,18-,20+,21+,23+/m1/s1. The van der Waals surface area contributed by atoms with Gasteiger partial charge in [-0.2, -0.15) is 0 Å². The number of pyridine rings is 1. The van der Waals surface area contributed by atoms with Gasteiger partial charge in [0.2, 0.25) is 0 Å². The molecule has 0 bridgehead atoms. The second-order valence-electron chi connectivity index (χ2n) is 8.92. The average Bonchev–Trinajstić information content (AvgIpc) is 3.47. The topological polar surface area (TPSA) is 122 Å². The Labute approximate surface area is 178 Å². The summed E-state index contributed by atoms with van der Waals surface area (Å²) in [5, 5.41) is 27.6. The Morgan fingerprint density at radius 2 is 1.97 bits per heavy atom. The fraction of sp³-hybridized carbons (Fsp3) is 0.348. The first-order valence-corrected chi connectivity index (χ1v) is 10.6. The van der Waals surface area contributed by atoms with Crippen LogP contribution in [0.2, 0.25) is 0 Å². The largest absolute Gasteiger partial charge is 0.390 e. The molecule has 8 heteroatoms. The number of aromatic nitrogens is 4. The first-order valence-electron chi connectivity index (χ1n) is 10.6. The fourth-order valence-electron chi connectivity index (χ4n) is 5.52. The molecule has 0 amide bonds. The maximum Gasteiger partial charge on any atom is 0.143 e. The minimum Gasteiger partial charge on any atom is -0.390 e. The lowest BCUT2D eigenvalue weighted by Gasteiger charge is -2.27. The van der Waals surface area contributed by atoms with Gasteiger partial charge in [0, 0.05) is 41.2 Å². The normalized spacial score (nSPS) is 30.6. The number of fused-ring (bicyclic) bond motifs is 2. The van der Waals surface area contributed by atoms with E-state index in [2.05, 4.69) is 38.5 Å². The van der Waals surface area contributed by atoms with E-state index in [-0.39, 0.29) is 12.1 Å². The van der Waals surface area contributed by atoms with Crippen LogP contribution >= 0.6 is 0 Å². The van der Waals surface area contributed by atoms with E-state index in [1.807, 2.05) is 22.9 Å². The number of hydrogen-bond acceptors (Lipinski definition) is 7. The van der Waals surface area contributed by atoms with Gasteiger partial charge in [-0.25, -0.2) is 15.0 Å². The molecule has 4 aromatic rings. The molecule has 5 N–H and O–H groups in total. The van der Waals surface area contributed by atoms with Gasteiger partial charge in [0.05, 0.1) is 17.7 Å². The molecule has 0 radical (unpaired) electrons. The van der Waals surface area contributed by atoms with E-state index in [4.69, 9.17) is 5.73 Å². The van der Waals surface area contributed by atoms with Crippen LogP contribution in [0, 0.1) is 5.41 Å². The number of benzene rings is 1. The van der Waals surface area contributed by atoms with Crippen molar-refractivity contribution in [1.82, 2.24) is 24.8 Å². The molecule has 3 aromatic heterocycles. The molecule has 31 heavy (non-hydrogen) atoms. The highest BCUT2D eigenvalue weighted by Crippen LogP contribution is 2.52. The van der Waals surface area contributed by atoms with Crippen molar-refractivity contribution in [2.75, 3.05) is 12.3 Å². The van der Waals surface area contributed by atoms with Gasteiger partial charge in [-0.1, -0.05) is 12.1 Å². The van der Waals surface area contributed by atoms with E-state index in [1.54, 1.807) is 12.3 Å². The lowest BCUT2D eigenvalue weighted by atomic mass is 9.80. The van der Waals surface area contributed by atoms with Crippen LogP contribution in [0.4, 0.5) is 5.82 Å². The van der Waals surface area contributed by atoms with Crippen molar-refractivity contribution in [3.05, 3.63) is 60.7 Å². The number of anilines is 1. The minimum absolute atomic E-state index is 0.0805. The van der Waals surface area contributed by atoms with Crippen LogP contribution in [0.25, 0.3) is 21.9 Å². The summed E-state index contributed by atoms with van der Waals surface area (Å²) in [6.07, 6.45) is 4.95. The van der Waals surface area contributed by atoms with Crippen molar-refractivity contribution in [2.45, 2.75) is 37.1 Å². The van der Waals surface area contributed by atoms with Crippen LogP contribution < -0.4 is 11.1 Å². The number of nitrogens with one attached hydrogen (secondary N) is 1. The number of hydrogen-bond donors (Lipinski definition) is 4. The zero-order valence-electron chi connectivity index (χ0n) is 16.9. The quantitative estimate of drug-likeness (QED) is 0.394. The molecule has 8 nitrogen and oxygen atoms in total. The van der Waals surface area contributed by atoms with Gasteiger partial charge >= 0.3 is 0 Å². The lowest BCUT2D eigenvalue weighted by molar-refractivity contribution is -0.0218. The third kappa shape index (κ3) is 2.83. The van der Waals surface area contributed by atoms with Crippen LogP contribution in [0.1, 0.15) is 30.5 Å². The van der Waals surface area contributed by atoms with E-state index in [9.17, 15) is 10.2 Å². The van der Waals surface area contributed by atoms with Crippen molar-refractivity contribution < 1.29 is 10.2 Å². The molecule has 1 aliphatic carbocycles. The molecule has 2 fully saturated rings. The third-order valence-electron chi connectivity index (χ3n) is 7.15. The Balaban J connectivity index is 1.30. The molecule has 1 aliphatic heterocycles. The summed E-state index contributed by atoms with van der Waals surface area (Å²) in [6, 6.07) is 11.8. The Bertz CT molecular complexity index is 1290. The van der Waals surface area contributed by atoms with Crippen LogP contribution in [0.15, 0.2) is 55.1 Å². The molecule has 4 heterocycles. The summed E-state index contributed by atoms with van der Waals surface area (Å²) >= 11 is 0. The SMILES string of the molecule is Nc1ccc2ccc([C@H]3C[C@@]4(CN3)C[C@@H](n3ccc5cncnc53)[C@H](O)[C@@H]4O)cc2n1. The van der Waals surface area contributed by atoms with Gasteiger partial charge in [0.25, 0.3) is 0 Å². The van der Waals surface area contributed by atoms with Crippen LogP contribution in [-0.2, 0) is 0 Å². The third-order valence-corrected chi connectivity index (χ3v) is 7.15. The zero-order valence-corrected chi connectivity index (χ0v) is 16.9. The summed E-state index contributed by atoms with van der Waals surface area (Å²) in [5.74, 6) is 0.500. The molecule has 0 unspecified atom stereocenters. The van der Waals surface area contributed by atoms with Gasteiger partial charge in [0.15, 0.2) is 0 Å². The molecule has 1 aromatic carbocycles. The lowest BCUT2D eigenvalue weighted by Crippen LogP contribution is -2.38. The second kappa shape index (κ2) is 6.71. The van der Waals surface area contributed by atoms with Crippen molar-refractivity contribution in [3.8, 4) is 0 Å². The number of nitrogens with zero attached hydrogens (tertiary/aromatic N) is 4. The number of nitrogen functional groups attached to an aromatic ring is 1. The number of aliphatic hydroxyl groups excluding tert-OH is 2. The maximum absolute atomic E-state index is 11.1. The van der Waals surface area contributed by atoms with Gasteiger partial charge in [-0.3, -0.25) is 0 Å². The van der Waals surface area contributed by atoms with Gasteiger partial charge < -0.3 is 25.8 Å². The van der Waals surface area contributed by atoms with E-state index in [0.29, 0.717) is 18.8 Å². The van der Waals surface area contributed by atoms with Crippen molar-refractivity contribution in [1.29, 1.82) is 0 Å². The van der Waals surface area contributed by atoms with Gasteiger partial charge in [0.1, 0.15) is 23.9 Å². The summed E-state index contributed by atoms with van der Waals surface area (Å²) < 4.78 is 1.98. The highest BCUT2D eigenvalue weighted by atomic mass is 16.3. The van der Waals surface area contributed by atoms with Crippen LogP contribution in [-0.4, -0.2) is 48.5 Å². The Hall–Kier alpha value is -3.07. The minimum atomic E-state index is -0.857. The molecule has 1 saturated carbocycles. The van der Waals surface area contributed by atoms with Crippen LogP contribution in [0.5, 0.6) is 0 Å². The van der Waals surface area contributed by atoms with Gasteiger partial charge in [-0.15, -0.1) is 0 Å². The number of aliphatic hydroxyl groups is 2. The molecule has 2 aliphatic rings. The van der Waals surface area contributed by atoms with E-state index in [1.165, 1.54) is 6.33 Å². The van der Waals surface area contributed by atoms with E-state index < -0.39 is 17.6 Å². The van der Waals surface area contributed by atoms with E-state index in [0.717, 1.165) is 33.9 Å². The molecular formula is C23H24N6O2. The van der Waals surface area contributed by atoms with Crippen molar-refractivity contribution in [2.24, 2.45) is 5.41 Å². The highest BCUT2D eigenvalue weighted by Gasteiger charge is 2.56. The second-order valence-corrected chi connectivity index (χ2v) is 8.92. The Morgan fingerprint density at radius 1 is 1.10 bits per heavy atom. The highest BCUT2D eigenvalue weighted by molar-refractivity contribution is 5.80. The molecule has 158 valence electrons. The van der Waals surface area contributed by atoms with Crippen molar-refractivity contribution >= 4 is 27.8 Å². The Kier molecular flexibility index (Phi) is 4.05. The van der Waals surface area contributed by atoms with Crippen LogP contribution in [0.3, 0.4) is 0 Å². The monoisotopic (exact) mass is 416 g/mol. The predicted molar refractivity (Wildman–Crippen MR) is 117 cm³/mol. The summed E-state index contributed by atoms with van der Waals surface area (Å²) in [7, 11) is 0. The predicted octanol–water partition coefficient (Wildman–Crippen LogP) is 1.95. The molecule has 1 saturated heterocycles. The van der Waals surface area contributed by atoms with E-state index >= 15 is 0 Å². The first kappa shape index (κ1) is 18.7. The molecule has 1 spiro atoms. The molecule has 5 atom stereocenters. The molecule has 6 rings (SSSR count). The summed E-state index contributed by atoms with van der Waals surface area (Å²) in [6.45, 7) is 0.642. The fourth-order valence-corrected chi connectivity index (χ4v) is 5.52. The number of rotatable bonds is 2.